The Morgan fingerprint density at radius 3 is 2.63 bits per heavy atom. The van der Waals surface area contributed by atoms with E-state index in [0.717, 1.165) is 41.0 Å². The van der Waals surface area contributed by atoms with Gasteiger partial charge in [0, 0.05) is 57.4 Å². The average Bonchev–Trinajstić information content (AvgIpc) is 3.51. The summed E-state index contributed by atoms with van der Waals surface area (Å²) >= 11 is 0. The molecular formula is C30H42N8O3. The Hall–Kier alpha value is -3.73. The zero-order valence-corrected chi connectivity index (χ0v) is 24.7. The van der Waals surface area contributed by atoms with E-state index in [-0.39, 0.29) is 36.2 Å². The Kier molecular flexibility index (Phi) is 8.72. The second-order valence-electron chi connectivity index (χ2n) is 11.8. The van der Waals surface area contributed by atoms with E-state index in [1.807, 2.05) is 38.4 Å². The van der Waals surface area contributed by atoms with Crippen LogP contribution in [0.1, 0.15) is 60.7 Å². The van der Waals surface area contributed by atoms with E-state index in [1.165, 1.54) is 0 Å². The third-order valence-electron chi connectivity index (χ3n) is 8.24. The van der Waals surface area contributed by atoms with E-state index >= 15 is 0 Å². The highest BCUT2D eigenvalue weighted by Gasteiger charge is 2.32. The molecule has 1 aliphatic carbocycles. The lowest BCUT2D eigenvalue weighted by Gasteiger charge is -2.34. The number of hydrogen-bond acceptors (Lipinski definition) is 6. The summed E-state index contributed by atoms with van der Waals surface area (Å²) in [4.78, 5) is 53.9. The second-order valence-corrected chi connectivity index (χ2v) is 11.8. The molecule has 3 amide bonds. The van der Waals surface area contributed by atoms with E-state index in [1.54, 1.807) is 14.5 Å². The van der Waals surface area contributed by atoms with Crippen LogP contribution in [-0.4, -0.2) is 98.0 Å². The maximum absolute atomic E-state index is 13.4. The van der Waals surface area contributed by atoms with Gasteiger partial charge in [-0.05, 0) is 50.3 Å². The molecule has 0 fully saturated rings. The van der Waals surface area contributed by atoms with E-state index in [9.17, 15) is 14.4 Å². The van der Waals surface area contributed by atoms with Crippen LogP contribution in [0, 0.1) is 5.92 Å². The first-order valence-corrected chi connectivity index (χ1v) is 14.7. The molecule has 220 valence electrons. The van der Waals surface area contributed by atoms with Crippen LogP contribution >= 0.6 is 0 Å². The predicted octanol–water partition coefficient (Wildman–Crippen LogP) is 2.12. The molecule has 1 atom stereocenters. The summed E-state index contributed by atoms with van der Waals surface area (Å²) in [5, 5.41) is 7.65. The lowest BCUT2D eigenvalue weighted by atomic mass is 9.90. The van der Waals surface area contributed by atoms with E-state index in [4.69, 9.17) is 4.98 Å². The number of nitrogens with one attached hydrogen (secondary N) is 2. The van der Waals surface area contributed by atoms with Crippen molar-refractivity contribution in [2.45, 2.75) is 58.5 Å². The molecule has 0 saturated carbocycles. The zero-order chi connectivity index (χ0) is 29.1. The normalized spacial score (nSPS) is 20.1. The number of carbonyl (C=O) groups is 3. The van der Waals surface area contributed by atoms with E-state index in [2.05, 4.69) is 34.1 Å². The molecule has 1 unspecified atom stereocenters. The van der Waals surface area contributed by atoms with Crippen LogP contribution in [0.4, 0.5) is 0 Å². The molecule has 2 aliphatic rings. The van der Waals surface area contributed by atoms with Crippen LogP contribution < -0.4 is 5.32 Å². The van der Waals surface area contributed by atoms with Crippen molar-refractivity contribution < 1.29 is 14.4 Å². The molecule has 3 aromatic rings. The monoisotopic (exact) mass is 562 g/mol. The van der Waals surface area contributed by atoms with Gasteiger partial charge in [0.15, 0.2) is 5.69 Å². The highest BCUT2D eigenvalue weighted by atomic mass is 16.2. The molecule has 41 heavy (non-hydrogen) atoms. The molecule has 2 N–H and O–H groups in total. The van der Waals surface area contributed by atoms with E-state index < -0.39 is 0 Å². The Bertz CT molecular complexity index is 1380. The minimum Gasteiger partial charge on any atom is -0.349 e. The van der Waals surface area contributed by atoms with Gasteiger partial charge < -0.3 is 20.1 Å². The number of benzene rings is 1. The molecule has 1 aliphatic heterocycles. The zero-order valence-electron chi connectivity index (χ0n) is 24.7. The maximum atomic E-state index is 13.4. The lowest BCUT2D eigenvalue weighted by Crippen LogP contribution is -2.47. The summed E-state index contributed by atoms with van der Waals surface area (Å²) in [6, 6.07) is 7.88. The van der Waals surface area contributed by atoms with Crippen molar-refractivity contribution in [1.82, 2.24) is 39.8 Å². The highest BCUT2D eigenvalue weighted by Crippen LogP contribution is 2.27. The summed E-state index contributed by atoms with van der Waals surface area (Å²) in [5.74, 6) is 0.834. The number of amides is 3. The third kappa shape index (κ3) is 6.61. The van der Waals surface area contributed by atoms with Crippen molar-refractivity contribution in [2.75, 3.05) is 39.8 Å². The summed E-state index contributed by atoms with van der Waals surface area (Å²) < 4.78 is 1.80. The SMILES string of the molecule is CC(C)CN1CC(=O)N(C)C2CCc3c(c(nn3C)C(=O)NCCN(Cc3nc4ccccc4[nH]3)CCCC1=O)C2. The molecule has 0 saturated heterocycles. The molecule has 3 heterocycles. The number of aromatic nitrogens is 4. The fourth-order valence-corrected chi connectivity index (χ4v) is 6.04. The topological polar surface area (TPSA) is 119 Å². The largest absolute Gasteiger partial charge is 0.349 e. The smallest absolute Gasteiger partial charge is 0.272 e. The van der Waals surface area contributed by atoms with Gasteiger partial charge in [-0.1, -0.05) is 26.0 Å². The van der Waals surface area contributed by atoms with Crippen LogP contribution in [0.25, 0.3) is 11.0 Å². The first-order chi connectivity index (χ1) is 19.7. The van der Waals surface area contributed by atoms with Gasteiger partial charge in [0.1, 0.15) is 5.82 Å². The van der Waals surface area contributed by atoms with Gasteiger partial charge in [-0.2, -0.15) is 5.10 Å². The van der Waals surface area contributed by atoms with Crippen LogP contribution in [0.2, 0.25) is 0 Å². The summed E-state index contributed by atoms with van der Waals surface area (Å²) in [6.45, 7) is 7.01. The van der Waals surface area contributed by atoms with Crippen molar-refractivity contribution in [2.24, 2.45) is 13.0 Å². The number of fused-ring (bicyclic) bond motifs is 2. The van der Waals surface area contributed by atoms with Crippen molar-refractivity contribution in [1.29, 1.82) is 0 Å². The Labute approximate surface area is 241 Å². The van der Waals surface area contributed by atoms with Crippen LogP contribution in [0.15, 0.2) is 24.3 Å². The van der Waals surface area contributed by atoms with Gasteiger partial charge in [-0.25, -0.2) is 4.98 Å². The number of aromatic amines is 1. The van der Waals surface area contributed by atoms with Gasteiger partial charge in [0.05, 0.1) is 24.1 Å². The fraction of sp³-hybridized carbons (Fsp3) is 0.567. The molecule has 2 aromatic heterocycles. The predicted molar refractivity (Wildman–Crippen MR) is 156 cm³/mol. The number of para-hydroxylation sites is 2. The van der Waals surface area contributed by atoms with Crippen molar-refractivity contribution in [3.05, 3.63) is 47.0 Å². The number of aryl methyl sites for hydroxylation is 1. The van der Waals surface area contributed by atoms with Gasteiger partial charge in [0.2, 0.25) is 11.8 Å². The van der Waals surface area contributed by atoms with Crippen LogP contribution in [0.3, 0.4) is 0 Å². The van der Waals surface area contributed by atoms with E-state index in [0.29, 0.717) is 57.7 Å². The number of likely N-dealkylation sites (N-methyl/N-ethyl adjacent to an activating group) is 1. The van der Waals surface area contributed by atoms with Gasteiger partial charge in [-0.15, -0.1) is 0 Å². The molecule has 0 radical (unpaired) electrons. The Morgan fingerprint density at radius 1 is 1.05 bits per heavy atom. The summed E-state index contributed by atoms with van der Waals surface area (Å²) in [7, 11) is 3.69. The van der Waals surface area contributed by atoms with Crippen molar-refractivity contribution >= 4 is 28.8 Å². The number of imidazole rings is 1. The maximum Gasteiger partial charge on any atom is 0.272 e. The standard InChI is InChI=1S/C30H42N8O3/c1-20(2)17-38-19-28(40)35(3)21-11-12-25-22(16-21)29(34-36(25)4)30(41)31-13-15-37(14-7-10-27(38)39)18-26-32-23-8-5-6-9-24(23)33-26/h5-6,8-9,20-21H,7,10-19H2,1-4H3,(H,31,41)(H,32,33). The van der Waals surface area contributed by atoms with Gasteiger partial charge >= 0.3 is 0 Å². The first-order valence-electron chi connectivity index (χ1n) is 14.7. The Balaban J connectivity index is 1.39. The number of carbonyl (C=O) groups excluding carboxylic acids is 3. The highest BCUT2D eigenvalue weighted by molar-refractivity contribution is 5.94. The molecular weight excluding hydrogens is 520 g/mol. The van der Waals surface area contributed by atoms with Crippen LogP contribution in [0.5, 0.6) is 0 Å². The molecule has 2 bridgehead atoms. The van der Waals surface area contributed by atoms with Crippen LogP contribution in [-0.2, 0) is 36.0 Å². The number of hydrogen-bond donors (Lipinski definition) is 2. The van der Waals surface area contributed by atoms with Gasteiger partial charge in [-0.3, -0.25) is 24.0 Å². The molecule has 11 heteroatoms. The molecule has 5 rings (SSSR count). The average molecular weight is 563 g/mol. The van der Waals surface area contributed by atoms with Crippen molar-refractivity contribution in [3.63, 3.8) is 0 Å². The molecule has 11 nitrogen and oxygen atoms in total. The Morgan fingerprint density at radius 2 is 1.85 bits per heavy atom. The molecule has 0 spiro atoms. The fourth-order valence-electron chi connectivity index (χ4n) is 6.04. The first kappa shape index (κ1) is 28.8. The molecule has 1 aromatic carbocycles. The second kappa shape index (κ2) is 12.4. The minimum atomic E-state index is -0.192. The summed E-state index contributed by atoms with van der Waals surface area (Å²) in [6.07, 6.45) is 3.11. The van der Waals surface area contributed by atoms with Gasteiger partial charge in [0.25, 0.3) is 5.91 Å². The number of H-pyrrole nitrogens is 1. The lowest BCUT2D eigenvalue weighted by molar-refractivity contribution is -0.141. The summed E-state index contributed by atoms with van der Waals surface area (Å²) in [5.41, 5.74) is 4.30. The number of nitrogens with zero attached hydrogens (tertiary/aromatic N) is 6. The minimum absolute atomic E-state index is 0.00207. The third-order valence-corrected chi connectivity index (χ3v) is 8.24. The quantitative estimate of drug-likeness (QED) is 0.503. The van der Waals surface area contributed by atoms with Crippen molar-refractivity contribution in [3.8, 4) is 0 Å². The number of rotatable bonds is 4.